The molecule has 1 aliphatic carbocycles. The Hall–Kier alpha value is -3.43. The molecule has 0 atom stereocenters. The Balaban J connectivity index is 1.55. The number of nitrogens with one attached hydrogen (secondary N) is 1. The third-order valence-electron chi connectivity index (χ3n) is 5.64. The third-order valence-corrected chi connectivity index (χ3v) is 5.64. The summed E-state index contributed by atoms with van der Waals surface area (Å²) in [4.78, 5) is 25.4. The second-order valence-corrected chi connectivity index (χ2v) is 7.95. The molecule has 0 bridgehead atoms. The fraction of sp³-hybridized carbons (Fsp3) is 0.391. The molecule has 2 aromatic rings. The lowest BCUT2D eigenvalue weighted by Gasteiger charge is -2.28. The summed E-state index contributed by atoms with van der Waals surface area (Å²) < 4.78 is 43.9. The quantitative estimate of drug-likeness (QED) is 0.404. The van der Waals surface area contributed by atoms with Gasteiger partial charge < -0.3 is 14.8 Å². The maximum atomic E-state index is 12.7. The van der Waals surface area contributed by atoms with E-state index in [2.05, 4.69) is 26.7 Å². The summed E-state index contributed by atoms with van der Waals surface area (Å²) in [5.74, 6) is -0.0838. The molecule has 33 heavy (non-hydrogen) atoms. The first kappa shape index (κ1) is 24.2. The maximum Gasteiger partial charge on any atom is 0.434 e. The van der Waals surface area contributed by atoms with Gasteiger partial charge in [-0.1, -0.05) is 6.08 Å². The monoisotopic (exact) mass is 462 g/mol. The number of H-pyrrole nitrogens is 1. The standard InChI is InChI=1S/C23H25F3N4O3/c1-14(21-29-12-19(30-21)23(24,25)26)3-8-18(27-2)16-6-4-15(5-7-16)13-33-20-11-17(22(31)32)9-10-28-20/h3,8-12,15-16H,2,4-7,13H2,1H3,(H,29,30)(H,31,32)/b14-3+,18-8-/t15-,16-. The maximum absolute atomic E-state index is 12.7. The molecule has 0 spiro atoms. The topological polar surface area (TPSA) is 100 Å². The minimum Gasteiger partial charge on any atom is -0.478 e. The van der Waals surface area contributed by atoms with Gasteiger partial charge in [-0.3, -0.25) is 4.99 Å². The number of carboxylic acids is 1. The first-order valence-electron chi connectivity index (χ1n) is 10.5. The molecule has 0 unspecified atom stereocenters. The number of carboxylic acid groups (broad SMARTS) is 1. The van der Waals surface area contributed by atoms with Gasteiger partial charge in [0, 0.05) is 30.1 Å². The van der Waals surface area contributed by atoms with E-state index in [9.17, 15) is 18.0 Å². The summed E-state index contributed by atoms with van der Waals surface area (Å²) in [5, 5.41) is 9.05. The molecule has 2 N–H and O–H groups in total. The number of aromatic amines is 1. The van der Waals surface area contributed by atoms with E-state index in [4.69, 9.17) is 9.84 Å². The van der Waals surface area contributed by atoms with Crippen LogP contribution in [0.25, 0.3) is 5.57 Å². The van der Waals surface area contributed by atoms with Crippen molar-refractivity contribution in [1.82, 2.24) is 15.0 Å². The minimum absolute atomic E-state index is 0.128. The van der Waals surface area contributed by atoms with Crippen LogP contribution in [0.4, 0.5) is 13.2 Å². The Labute approximate surface area is 189 Å². The number of allylic oxidation sites excluding steroid dienone is 4. The number of ether oxygens (including phenoxy) is 1. The van der Waals surface area contributed by atoms with E-state index in [-0.39, 0.29) is 23.2 Å². The zero-order valence-corrected chi connectivity index (χ0v) is 18.1. The van der Waals surface area contributed by atoms with E-state index >= 15 is 0 Å². The molecule has 0 aliphatic heterocycles. The molecule has 0 aromatic carbocycles. The average Bonchev–Trinajstić information content (AvgIpc) is 3.30. The summed E-state index contributed by atoms with van der Waals surface area (Å²) in [7, 11) is 0. The number of carbonyl (C=O) groups is 1. The zero-order valence-electron chi connectivity index (χ0n) is 18.1. The average molecular weight is 462 g/mol. The van der Waals surface area contributed by atoms with Gasteiger partial charge in [0.1, 0.15) is 5.82 Å². The van der Waals surface area contributed by atoms with Crippen molar-refractivity contribution in [2.24, 2.45) is 16.8 Å². The van der Waals surface area contributed by atoms with Crippen molar-refractivity contribution in [3.8, 4) is 5.88 Å². The van der Waals surface area contributed by atoms with Crippen molar-refractivity contribution in [1.29, 1.82) is 0 Å². The Morgan fingerprint density at radius 2 is 2.06 bits per heavy atom. The van der Waals surface area contributed by atoms with Gasteiger partial charge in [0.15, 0.2) is 5.69 Å². The van der Waals surface area contributed by atoms with Gasteiger partial charge >= 0.3 is 12.1 Å². The van der Waals surface area contributed by atoms with Gasteiger partial charge in [0.05, 0.1) is 12.2 Å². The van der Waals surface area contributed by atoms with Gasteiger partial charge in [0.25, 0.3) is 0 Å². The molecule has 2 aromatic heterocycles. The highest BCUT2D eigenvalue weighted by Gasteiger charge is 2.33. The number of halogens is 3. The van der Waals surface area contributed by atoms with E-state index < -0.39 is 17.8 Å². The van der Waals surface area contributed by atoms with Crippen molar-refractivity contribution >= 4 is 18.3 Å². The highest BCUT2D eigenvalue weighted by Crippen LogP contribution is 2.34. The predicted octanol–water partition coefficient (Wildman–Crippen LogP) is 5.39. The Morgan fingerprint density at radius 3 is 2.67 bits per heavy atom. The number of aliphatic imine (C=N–C) groups is 1. The van der Waals surface area contributed by atoms with E-state index in [1.807, 2.05) is 0 Å². The van der Waals surface area contributed by atoms with E-state index in [0.29, 0.717) is 18.1 Å². The van der Waals surface area contributed by atoms with Crippen LogP contribution >= 0.6 is 0 Å². The van der Waals surface area contributed by atoms with Gasteiger partial charge in [0.2, 0.25) is 5.88 Å². The Morgan fingerprint density at radius 1 is 1.33 bits per heavy atom. The number of pyridine rings is 1. The van der Waals surface area contributed by atoms with Crippen molar-refractivity contribution in [3.63, 3.8) is 0 Å². The number of imidazole rings is 1. The molecule has 1 aliphatic rings. The summed E-state index contributed by atoms with van der Waals surface area (Å²) in [6.45, 7) is 5.77. The van der Waals surface area contributed by atoms with E-state index in [1.54, 1.807) is 19.1 Å². The highest BCUT2D eigenvalue weighted by molar-refractivity contribution is 5.87. The summed E-state index contributed by atoms with van der Waals surface area (Å²) in [6.07, 6.45) is 4.76. The molecule has 10 heteroatoms. The van der Waals surface area contributed by atoms with Gasteiger partial charge in [-0.05, 0) is 63.0 Å². The first-order valence-corrected chi connectivity index (χ1v) is 10.5. The van der Waals surface area contributed by atoms with Gasteiger partial charge in [-0.2, -0.15) is 13.2 Å². The van der Waals surface area contributed by atoms with Crippen molar-refractivity contribution in [3.05, 3.63) is 59.5 Å². The Kier molecular flexibility index (Phi) is 7.67. The molecule has 176 valence electrons. The predicted molar refractivity (Wildman–Crippen MR) is 117 cm³/mol. The minimum atomic E-state index is -4.49. The van der Waals surface area contributed by atoms with Crippen molar-refractivity contribution in [2.45, 2.75) is 38.8 Å². The summed E-state index contributed by atoms with van der Waals surface area (Å²) >= 11 is 0. The largest absolute Gasteiger partial charge is 0.478 e. The first-order chi connectivity index (χ1) is 15.7. The van der Waals surface area contributed by atoms with E-state index in [1.165, 1.54) is 18.3 Å². The van der Waals surface area contributed by atoms with E-state index in [0.717, 1.165) is 37.6 Å². The molecule has 3 rings (SSSR count). The van der Waals surface area contributed by atoms with Crippen LogP contribution in [-0.4, -0.2) is 39.4 Å². The molecule has 2 heterocycles. The lowest BCUT2D eigenvalue weighted by atomic mass is 9.80. The number of hydrogen-bond donors (Lipinski definition) is 2. The number of aromatic carboxylic acids is 1. The number of hydrogen-bond acceptors (Lipinski definition) is 5. The number of aromatic nitrogens is 3. The second-order valence-electron chi connectivity index (χ2n) is 7.95. The number of alkyl halides is 3. The lowest BCUT2D eigenvalue weighted by molar-refractivity contribution is -0.140. The third kappa shape index (κ3) is 6.53. The molecule has 0 amide bonds. The Bertz CT molecular complexity index is 1050. The second kappa shape index (κ2) is 10.5. The number of nitrogens with zero attached hydrogens (tertiary/aromatic N) is 3. The highest BCUT2D eigenvalue weighted by atomic mass is 19.4. The summed E-state index contributed by atoms with van der Waals surface area (Å²) in [6, 6.07) is 2.82. The number of rotatable bonds is 8. The molecular weight excluding hydrogens is 437 g/mol. The van der Waals surface area contributed by atoms with Crippen LogP contribution in [0.2, 0.25) is 0 Å². The van der Waals surface area contributed by atoms with Crippen LogP contribution in [0.5, 0.6) is 5.88 Å². The molecular formula is C23H25F3N4O3. The fourth-order valence-corrected chi connectivity index (χ4v) is 3.73. The van der Waals surface area contributed by atoms with Crippen LogP contribution in [0.3, 0.4) is 0 Å². The molecule has 1 fully saturated rings. The fourth-order valence-electron chi connectivity index (χ4n) is 3.73. The smallest absolute Gasteiger partial charge is 0.434 e. The van der Waals surface area contributed by atoms with Crippen LogP contribution in [-0.2, 0) is 6.18 Å². The van der Waals surface area contributed by atoms with Crippen LogP contribution < -0.4 is 4.74 Å². The SMILES string of the molecule is C=N/C(=C\C=C(/C)c1nc(C(F)(F)F)c[nH]1)[C@H]1CC[C@H](COc2cc(C(=O)O)ccn2)CC1. The molecule has 1 saturated carbocycles. The summed E-state index contributed by atoms with van der Waals surface area (Å²) in [5.41, 5.74) is 0.516. The normalized spacial score (nSPS) is 19.9. The van der Waals surface area contributed by atoms with Crippen LogP contribution in [0, 0.1) is 11.8 Å². The molecule has 0 saturated heterocycles. The van der Waals surface area contributed by atoms with Crippen molar-refractivity contribution in [2.75, 3.05) is 6.61 Å². The van der Waals surface area contributed by atoms with Crippen LogP contribution in [0.15, 0.2) is 47.4 Å². The van der Waals surface area contributed by atoms with Gasteiger partial charge in [-0.25, -0.2) is 14.8 Å². The van der Waals surface area contributed by atoms with Gasteiger partial charge in [-0.15, -0.1) is 0 Å². The van der Waals surface area contributed by atoms with Crippen molar-refractivity contribution < 1.29 is 27.8 Å². The molecule has 7 nitrogen and oxygen atoms in total. The lowest BCUT2D eigenvalue weighted by Crippen LogP contribution is -2.21. The molecule has 0 radical (unpaired) electrons. The zero-order chi connectivity index (χ0) is 24.0. The van der Waals surface area contributed by atoms with Crippen LogP contribution in [0.1, 0.15) is 54.5 Å².